The lowest BCUT2D eigenvalue weighted by Gasteiger charge is -1.91. The summed E-state index contributed by atoms with van der Waals surface area (Å²) in [6, 6.07) is 2.03. The van der Waals surface area contributed by atoms with Crippen molar-refractivity contribution in [3.63, 3.8) is 0 Å². The van der Waals surface area contributed by atoms with E-state index in [0.29, 0.717) is 0 Å². The molecule has 0 aliphatic carbocycles. The Bertz CT molecular complexity index is 438. The van der Waals surface area contributed by atoms with Crippen molar-refractivity contribution in [2.24, 2.45) is 0 Å². The van der Waals surface area contributed by atoms with E-state index in [-0.39, 0.29) is 5.69 Å². The summed E-state index contributed by atoms with van der Waals surface area (Å²) in [4.78, 5) is 17.2. The van der Waals surface area contributed by atoms with Crippen LogP contribution in [0.1, 0.15) is 5.56 Å². The highest BCUT2D eigenvalue weighted by Crippen LogP contribution is 2.25. The van der Waals surface area contributed by atoms with Gasteiger partial charge < -0.3 is 9.97 Å². The topological polar surface area (TPSA) is 48.6 Å². The number of H-pyrrole nitrogens is 2. The molecule has 2 aromatic heterocycles. The molecule has 0 saturated carbocycles. The van der Waals surface area contributed by atoms with Gasteiger partial charge >= 0.3 is 5.69 Å². The van der Waals surface area contributed by atoms with E-state index in [1.165, 1.54) is 5.56 Å². The van der Waals surface area contributed by atoms with E-state index < -0.39 is 0 Å². The monoisotopic (exact) mass is 180 g/mol. The molecule has 2 heterocycles. The molecule has 0 radical (unpaired) electrons. The van der Waals surface area contributed by atoms with Crippen LogP contribution >= 0.6 is 11.3 Å². The van der Waals surface area contributed by atoms with Crippen LogP contribution < -0.4 is 5.69 Å². The van der Waals surface area contributed by atoms with Gasteiger partial charge in [-0.1, -0.05) is 0 Å². The van der Waals surface area contributed by atoms with Crippen molar-refractivity contribution in [3.05, 3.63) is 33.7 Å². The number of aromatic nitrogens is 2. The summed E-state index contributed by atoms with van der Waals surface area (Å²) in [5.74, 6) is 0. The summed E-state index contributed by atoms with van der Waals surface area (Å²) < 4.78 is 0. The number of hydrogen-bond acceptors (Lipinski definition) is 2. The number of aromatic amines is 2. The lowest BCUT2D eigenvalue weighted by molar-refractivity contribution is 1.19. The highest BCUT2D eigenvalue weighted by molar-refractivity contribution is 7.13. The Morgan fingerprint density at radius 2 is 2.33 bits per heavy atom. The lowest BCUT2D eigenvalue weighted by Crippen LogP contribution is -1.99. The summed E-state index contributed by atoms with van der Waals surface area (Å²) in [6.07, 6.45) is 1.70. The van der Waals surface area contributed by atoms with Crippen LogP contribution in [0.5, 0.6) is 0 Å². The zero-order valence-corrected chi connectivity index (χ0v) is 7.37. The first-order valence-electron chi connectivity index (χ1n) is 3.59. The Labute approximate surface area is 73.1 Å². The fourth-order valence-electron chi connectivity index (χ4n) is 1.10. The van der Waals surface area contributed by atoms with Crippen molar-refractivity contribution in [2.75, 3.05) is 0 Å². The Balaban J connectivity index is 2.57. The molecule has 2 aromatic rings. The van der Waals surface area contributed by atoms with Gasteiger partial charge in [0.1, 0.15) is 0 Å². The van der Waals surface area contributed by atoms with Crippen LogP contribution in [-0.2, 0) is 0 Å². The average molecular weight is 180 g/mol. The van der Waals surface area contributed by atoms with Crippen molar-refractivity contribution in [2.45, 2.75) is 6.92 Å². The summed E-state index contributed by atoms with van der Waals surface area (Å²) >= 11 is 1.63. The predicted molar refractivity (Wildman–Crippen MR) is 49.5 cm³/mol. The predicted octanol–water partition coefficient (Wildman–Crippen LogP) is 1.74. The van der Waals surface area contributed by atoms with Crippen LogP contribution in [-0.4, -0.2) is 9.97 Å². The van der Waals surface area contributed by atoms with E-state index >= 15 is 0 Å². The smallest absolute Gasteiger partial charge is 0.312 e. The molecule has 0 atom stereocenters. The van der Waals surface area contributed by atoms with Gasteiger partial charge in [0.25, 0.3) is 0 Å². The van der Waals surface area contributed by atoms with Crippen LogP contribution in [0.4, 0.5) is 0 Å². The van der Waals surface area contributed by atoms with E-state index in [4.69, 9.17) is 0 Å². The SMILES string of the molecule is Cc1ccsc1-c1c[nH]c(=O)[nH]1. The Morgan fingerprint density at radius 1 is 1.50 bits per heavy atom. The molecule has 0 spiro atoms. The third-order valence-electron chi connectivity index (χ3n) is 1.70. The quantitative estimate of drug-likeness (QED) is 0.690. The molecular formula is C8H8N2OS. The molecule has 0 amide bonds. The molecule has 0 aliphatic rings. The number of imidazole rings is 1. The minimum atomic E-state index is -0.155. The van der Waals surface area contributed by atoms with E-state index in [9.17, 15) is 4.79 Å². The maximum Gasteiger partial charge on any atom is 0.323 e. The highest BCUT2D eigenvalue weighted by atomic mass is 32.1. The van der Waals surface area contributed by atoms with Gasteiger partial charge in [0.15, 0.2) is 0 Å². The number of hydrogen-bond donors (Lipinski definition) is 2. The molecule has 0 saturated heterocycles. The van der Waals surface area contributed by atoms with Crippen LogP contribution in [0.2, 0.25) is 0 Å². The molecule has 0 aromatic carbocycles. The Morgan fingerprint density at radius 3 is 2.83 bits per heavy atom. The second kappa shape index (κ2) is 2.64. The van der Waals surface area contributed by atoms with E-state index in [1.54, 1.807) is 17.5 Å². The highest BCUT2D eigenvalue weighted by Gasteiger charge is 2.03. The van der Waals surface area contributed by atoms with Gasteiger partial charge in [-0.2, -0.15) is 0 Å². The maximum absolute atomic E-state index is 10.8. The first kappa shape index (κ1) is 7.36. The van der Waals surface area contributed by atoms with Gasteiger partial charge in [-0.15, -0.1) is 11.3 Å². The normalized spacial score (nSPS) is 10.4. The van der Waals surface area contributed by atoms with Gasteiger partial charge in [-0.3, -0.25) is 0 Å². The van der Waals surface area contributed by atoms with Crippen molar-refractivity contribution in [1.29, 1.82) is 0 Å². The minimum absolute atomic E-state index is 0.155. The third kappa shape index (κ3) is 1.10. The zero-order valence-electron chi connectivity index (χ0n) is 6.55. The van der Waals surface area contributed by atoms with Gasteiger partial charge in [0.2, 0.25) is 0 Å². The molecular weight excluding hydrogens is 172 g/mol. The number of thiophene rings is 1. The molecule has 12 heavy (non-hydrogen) atoms. The molecule has 62 valence electrons. The van der Waals surface area contributed by atoms with Crippen LogP contribution in [0.3, 0.4) is 0 Å². The second-order valence-corrected chi connectivity index (χ2v) is 3.51. The number of rotatable bonds is 1. The minimum Gasteiger partial charge on any atom is -0.312 e. The van der Waals surface area contributed by atoms with Crippen molar-refractivity contribution < 1.29 is 0 Å². The summed E-state index contributed by atoms with van der Waals surface area (Å²) in [7, 11) is 0. The van der Waals surface area contributed by atoms with Gasteiger partial charge in [-0.25, -0.2) is 4.79 Å². The standard InChI is InChI=1S/C8H8N2OS/c1-5-2-3-12-7(5)6-4-9-8(11)10-6/h2-4H,1H3,(H2,9,10,11). The summed E-state index contributed by atoms with van der Waals surface area (Å²) in [5.41, 5.74) is 1.90. The molecule has 3 nitrogen and oxygen atoms in total. The summed E-state index contributed by atoms with van der Waals surface area (Å²) in [5, 5.41) is 2.01. The van der Waals surface area contributed by atoms with Gasteiger partial charge in [-0.05, 0) is 23.9 Å². The van der Waals surface area contributed by atoms with E-state index in [2.05, 4.69) is 9.97 Å². The first-order valence-corrected chi connectivity index (χ1v) is 4.47. The first-order chi connectivity index (χ1) is 5.77. The van der Waals surface area contributed by atoms with Crippen LogP contribution in [0, 0.1) is 6.92 Å². The molecule has 2 N–H and O–H groups in total. The van der Waals surface area contributed by atoms with Gasteiger partial charge in [0, 0.05) is 6.20 Å². The van der Waals surface area contributed by atoms with Crippen molar-refractivity contribution in [1.82, 2.24) is 9.97 Å². The molecule has 2 rings (SSSR count). The van der Waals surface area contributed by atoms with Crippen molar-refractivity contribution in [3.8, 4) is 10.6 Å². The van der Waals surface area contributed by atoms with Crippen LogP contribution in [0.25, 0.3) is 10.6 Å². The van der Waals surface area contributed by atoms with Crippen molar-refractivity contribution >= 4 is 11.3 Å². The Kier molecular flexibility index (Phi) is 1.62. The van der Waals surface area contributed by atoms with Crippen LogP contribution in [0.15, 0.2) is 22.4 Å². The Hall–Kier alpha value is -1.29. The molecule has 0 bridgehead atoms. The fourth-order valence-corrected chi connectivity index (χ4v) is 2.00. The molecule has 0 fully saturated rings. The second-order valence-electron chi connectivity index (χ2n) is 2.59. The molecule has 0 unspecified atom stereocenters. The number of nitrogens with one attached hydrogen (secondary N) is 2. The zero-order chi connectivity index (χ0) is 8.55. The van der Waals surface area contributed by atoms with E-state index in [1.807, 2.05) is 18.4 Å². The molecule has 4 heteroatoms. The molecule has 0 aliphatic heterocycles. The number of aryl methyl sites for hydroxylation is 1. The largest absolute Gasteiger partial charge is 0.323 e. The maximum atomic E-state index is 10.8. The van der Waals surface area contributed by atoms with E-state index in [0.717, 1.165) is 10.6 Å². The fraction of sp³-hybridized carbons (Fsp3) is 0.125. The summed E-state index contributed by atoms with van der Waals surface area (Å²) in [6.45, 7) is 2.02. The third-order valence-corrected chi connectivity index (χ3v) is 2.75. The average Bonchev–Trinajstić information content (AvgIpc) is 2.58. The van der Waals surface area contributed by atoms with Gasteiger partial charge in [0.05, 0.1) is 10.6 Å². The lowest BCUT2D eigenvalue weighted by atomic mass is 10.2.